The lowest BCUT2D eigenvalue weighted by Gasteiger charge is -2.42. The van der Waals surface area contributed by atoms with Gasteiger partial charge in [0.25, 0.3) is 0 Å². The maximum Gasteiger partial charge on any atom is 0.318 e. The third-order valence-electron chi connectivity index (χ3n) is 10.2. The first-order chi connectivity index (χ1) is 23.4. The van der Waals surface area contributed by atoms with E-state index in [-0.39, 0.29) is 18.4 Å². The Kier molecular flexibility index (Phi) is 9.66. The summed E-state index contributed by atoms with van der Waals surface area (Å²) in [4.78, 5) is 33.8. The van der Waals surface area contributed by atoms with Crippen molar-refractivity contribution in [2.75, 3.05) is 75.8 Å². The molecule has 0 radical (unpaired) electrons. The highest BCUT2D eigenvalue weighted by Crippen LogP contribution is 2.37. The molecule has 12 heteroatoms. The van der Waals surface area contributed by atoms with Crippen LogP contribution in [0.25, 0.3) is 10.8 Å². The molecule has 4 aliphatic rings. The summed E-state index contributed by atoms with van der Waals surface area (Å²) in [5.41, 5.74) is 3.08. The number of amides is 1. The van der Waals surface area contributed by atoms with Crippen molar-refractivity contribution < 1.29 is 13.9 Å². The Morgan fingerprint density at radius 2 is 1.92 bits per heavy atom. The van der Waals surface area contributed by atoms with Crippen LogP contribution in [0.15, 0.2) is 48.6 Å². The van der Waals surface area contributed by atoms with Crippen molar-refractivity contribution in [1.82, 2.24) is 24.7 Å². The third kappa shape index (κ3) is 6.79. The number of rotatable bonds is 9. The van der Waals surface area contributed by atoms with Crippen molar-refractivity contribution >= 4 is 39.8 Å². The number of likely N-dealkylation sites (N-methyl/N-ethyl adjacent to an activating group) is 1. The second-order valence-electron chi connectivity index (χ2n) is 13.3. The Morgan fingerprint density at radius 1 is 1.08 bits per heavy atom. The first kappa shape index (κ1) is 32.6. The summed E-state index contributed by atoms with van der Waals surface area (Å²) in [6, 6.07) is 14.9. The zero-order valence-corrected chi connectivity index (χ0v) is 28.2. The van der Waals surface area contributed by atoms with Crippen LogP contribution in [0.2, 0.25) is 5.02 Å². The fourth-order valence-electron chi connectivity index (χ4n) is 7.49. The molecular formula is C36H42ClFN8O2. The zero-order chi connectivity index (χ0) is 33.2. The second-order valence-corrected chi connectivity index (χ2v) is 13.7. The Morgan fingerprint density at radius 3 is 2.69 bits per heavy atom. The van der Waals surface area contributed by atoms with Gasteiger partial charge in [-0.3, -0.25) is 9.69 Å². The number of piperazine rings is 1. The van der Waals surface area contributed by atoms with Crippen molar-refractivity contribution in [2.45, 2.75) is 50.5 Å². The normalized spacial score (nSPS) is 22.2. The van der Waals surface area contributed by atoms with E-state index in [1.54, 1.807) is 17.1 Å². The molecule has 4 aliphatic heterocycles. The van der Waals surface area contributed by atoms with E-state index in [2.05, 4.69) is 52.1 Å². The lowest BCUT2D eigenvalue weighted by atomic mass is 10.0. The number of aromatic nitrogens is 2. The number of carbonyl (C=O) groups excluding carboxylic acids is 1. The number of hydrogen-bond donors (Lipinski definition) is 0. The van der Waals surface area contributed by atoms with Gasteiger partial charge in [0.15, 0.2) is 0 Å². The number of ether oxygens (including phenoxy) is 1. The fraction of sp³-hybridized carbons (Fsp3) is 0.500. The SMILES string of the molecule is CN1CCC[C@H]1COc1nc2c(c(N3CCN(C(=O)/C=C/CN4CC(F)C4)[C@@H](CC#N)C3)n1)CCN(c1cccc3cccc(Cl)c13)C2. The van der Waals surface area contributed by atoms with Gasteiger partial charge in [-0.2, -0.15) is 15.2 Å². The molecule has 48 heavy (non-hydrogen) atoms. The van der Waals surface area contributed by atoms with Crippen molar-refractivity contribution in [3.05, 3.63) is 64.8 Å². The van der Waals surface area contributed by atoms with Gasteiger partial charge in [0.05, 0.1) is 35.8 Å². The molecule has 1 aromatic heterocycles. The first-order valence-corrected chi connectivity index (χ1v) is 17.4. The summed E-state index contributed by atoms with van der Waals surface area (Å²) < 4.78 is 19.5. The highest BCUT2D eigenvalue weighted by atomic mass is 35.5. The third-order valence-corrected chi connectivity index (χ3v) is 10.5. The van der Waals surface area contributed by atoms with Crippen molar-refractivity contribution in [2.24, 2.45) is 0 Å². The molecule has 0 bridgehead atoms. The van der Waals surface area contributed by atoms with E-state index in [0.717, 1.165) is 70.9 Å². The highest BCUT2D eigenvalue weighted by molar-refractivity contribution is 6.36. The number of nitrogens with zero attached hydrogens (tertiary/aromatic N) is 8. The molecule has 3 saturated heterocycles. The molecule has 0 aliphatic carbocycles. The summed E-state index contributed by atoms with van der Waals surface area (Å²) >= 11 is 6.72. The zero-order valence-electron chi connectivity index (χ0n) is 27.4. The number of fused-ring (bicyclic) bond motifs is 2. The van der Waals surface area contributed by atoms with E-state index in [1.807, 2.05) is 17.0 Å². The summed E-state index contributed by atoms with van der Waals surface area (Å²) in [5, 5.41) is 12.6. The van der Waals surface area contributed by atoms with Crippen LogP contribution in [-0.2, 0) is 17.8 Å². The number of anilines is 2. The number of nitriles is 1. The monoisotopic (exact) mass is 672 g/mol. The van der Waals surface area contributed by atoms with Gasteiger partial charge in [0, 0.05) is 74.6 Å². The molecule has 0 saturated carbocycles. The maximum absolute atomic E-state index is 13.2. The van der Waals surface area contributed by atoms with Crippen LogP contribution < -0.4 is 14.5 Å². The van der Waals surface area contributed by atoms with Gasteiger partial charge in [-0.1, -0.05) is 41.9 Å². The van der Waals surface area contributed by atoms with E-state index in [4.69, 9.17) is 26.3 Å². The number of carbonyl (C=O) groups is 1. The second kappa shape index (κ2) is 14.2. The Bertz CT molecular complexity index is 1720. The lowest BCUT2D eigenvalue weighted by Crippen LogP contribution is -2.55. The Balaban J connectivity index is 1.14. The van der Waals surface area contributed by atoms with Gasteiger partial charge < -0.3 is 24.3 Å². The number of hydrogen-bond acceptors (Lipinski definition) is 9. The van der Waals surface area contributed by atoms with Crippen LogP contribution >= 0.6 is 11.6 Å². The van der Waals surface area contributed by atoms with Gasteiger partial charge >= 0.3 is 6.01 Å². The molecule has 252 valence electrons. The van der Waals surface area contributed by atoms with Crippen LogP contribution in [0.3, 0.4) is 0 Å². The van der Waals surface area contributed by atoms with Crippen molar-refractivity contribution in [3.63, 3.8) is 0 Å². The minimum atomic E-state index is -0.774. The van der Waals surface area contributed by atoms with Gasteiger partial charge in [-0.25, -0.2) is 4.39 Å². The Labute approximate surface area is 286 Å². The molecule has 0 spiro atoms. The average Bonchev–Trinajstić information content (AvgIpc) is 3.50. The lowest BCUT2D eigenvalue weighted by molar-refractivity contribution is -0.128. The molecule has 0 N–H and O–H groups in total. The smallest absolute Gasteiger partial charge is 0.318 e. The van der Waals surface area contributed by atoms with Crippen molar-refractivity contribution in [3.8, 4) is 12.1 Å². The molecule has 7 rings (SSSR count). The average molecular weight is 673 g/mol. The highest BCUT2D eigenvalue weighted by Gasteiger charge is 2.34. The quantitative estimate of drug-likeness (QED) is 0.306. The fourth-order valence-corrected chi connectivity index (χ4v) is 7.77. The van der Waals surface area contributed by atoms with Crippen LogP contribution in [0.5, 0.6) is 6.01 Å². The first-order valence-electron chi connectivity index (χ1n) is 17.0. The van der Waals surface area contributed by atoms with Gasteiger partial charge in [0.2, 0.25) is 5.91 Å². The summed E-state index contributed by atoms with van der Waals surface area (Å²) in [7, 11) is 2.13. The van der Waals surface area contributed by atoms with Crippen molar-refractivity contribution in [1.29, 1.82) is 5.26 Å². The van der Waals surface area contributed by atoms with Crippen LogP contribution in [0.4, 0.5) is 15.9 Å². The summed E-state index contributed by atoms with van der Waals surface area (Å²) in [5.74, 6) is 0.709. The molecular weight excluding hydrogens is 631 g/mol. The molecule has 2 aromatic carbocycles. The molecule has 5 heterocycles. The predicted molar refractivity (Wildman–Crippen MR) is 185 cm³/mol. The van der Waals surface area contributed by atoms with Gasteiger partial charge in [-0.15, -0.1) is 0 Å². The van der Waals surface area contributed by atoms with E-state index in [1.165, 1.54) is 0 Å². The number of likely N-dealkylation sites (tertiary alicyclic amines) is 2. The van der Waals surface area contributed by atoms with Crippen LogP contribution in [-0.4, -0.2) is 115 Å². The molecule has 2 atom stereocenters. The van der Waals surface area contributed by atoms with Crippen LogP contribution in [0.1, 0.15) is 30.5 Å². The topological polar surface area (TPSA) is 92.1 Å². The summed E-state index contributed by atoms with van der Waals surface area (Å²) in [6.07, 6.45) is 5.77. The molecule has 3 fully saturated rings. The number of halogens is 2. The van der Waals surface area contributed by atoms with Gasteiger partial charge in [0.1, 0.15) is 18.6 Å². The minimum Gasteiger partial charge on any atom is -0.462 e. The summed E-state index contributed by atoms with van der Waals surface area (Å²) in [6.45, 7) is 5.83. The van der Waals surface area contributed by atoms with Crippen LogP contribution in [0, 0.1) is 11.3 Å². The van der Waals surface area contributed by atoms with E-state index >= 15 is 0 Å². The predicted octanol–water partition coefficient (Wildman–Crippen LogP) is 4.46. The largest absolute Gasteiger partial charge is 0.462 e. The standard InChI is InChI=1S/C36H42ClFN8O2/c1-42-15-4-8-28(42)24-48-36-40-31-23-44(32-10-3-7-25-6-2-9-30(37)34(25)32)17-13-29(31)35(41-36)45-18-19-46(27(22-45)12-14-39)33(47)11-5-16-43-20-26(38)21-43/h2-3,5-7,9-11,26-28H,4,8,12-13,15-24H2,1H3/b11-5+/t27-,28-/m0/s1. The van der Waals surface area contributed by atoms with E-state index < -0.39 is 6.17 Å². The molecule has 1 amide bonds. The molecule has 3 aromatic rings. The number of benzene rings is 2. The number of alkyl halides is 1. The Hall–Kier alpha value is -3.98. The van der Waals surface area contributed by atoms with Gasteiger partial charge in [-0.05, 0) is 50.4 Å². The minimum absolute atomic E-state index is 0.119. The van der Waals surface area contributed by atoms with E-state index in [0.29, 0.717) is 64.5 Å². The maximum atomic E-state index is 13.2. The molecule has 0 unspecified atom stereocenters. The van der Waals surface area contributed by atoms with E-state index in [9.17, 15) is 14.4 Å². The molecule has 10 nitrogen and oxygen atoms in total.